The minimum atomic E-state index is -1.15. The highest BCUT2D eigenvalue weighted by molar-refractivity contribution is 7.85. The lowest BCUT2D eigenvalue weighted by Crippen LogP contribution is -2.14. The van der Waals surface area contributed by atoms with Gasteiger partial charge in [-0.05, 0) is 18.4 Å². The highest BCUT2D eigenvalue weighted by Gasteiger charge is 2.21. The number of carbonyl (C=O) groups excluding carboxylic acids is 1. The van der Waals surface area contributed by atoms with Crippen LogP contribution in [0.15, 0.2) is 91.0 Å². The van der Waals surface area contributed by atoms with Crippen molar-refractivity contribution in [3.8, 4) is 33.6 Å². The van der Waals surface area contributed by atoms with E-state index in [-0.39, 0.29) is 11.2 Å². The maximum absolute atomic E-state index is 12.0. The maximum Gasteiger partial charge on any atom is 0.318 e. The first kappa shape index (κ1) is 28.0. The Balaban J connectivity index is 0.00000380. The topological polar surface area (TPSA) is 92.7 Å². The van der Waals surface area contributed by atoms with E-state index in [1.54, 1.807) is 0 Å². The number of nitrogens with zero attached hydrogens (tertiary/aromatic N) is 2. The van der Waals surface area contributed by atoms with E-state index in [4.69, 9.17) is 5.10 Å². The second-order valence-corrected chi connectivity index (χ2v) is 10.2. The first-order valence-corrected chi connectivity index (χ1v) is 13.8. The average molecular weight is 519 g/mol. The van der Waals surface area contributed by atoms with Gasteiger partial charge >= 0.3 is 5.97 Å². The minimum absolute atomic E-state index is 0. The zero-order chi connectivity index (χ0) is 25.2. The Hall–Kier alpha value is -3.55. The second-order valence-electron chi connectivity index (χ2n) is 8.67. The third-order valence-electron chi connectivity index (χ3n) is 6.11. The number of aryl methyl sites for hydroxylation is 1. The fourth-order valence-electron chi connectivity index (χ4n) is 4.33. The first-order valence-electron chi connectivity index (χ1n) is 12.4. The molecule has 0 fully saturated rings. The molecule has 0 spiro atoms. The van der Waals surface area contributed by atoms with Gasteiger partial charge in [-0.1, -0.05) is 104 Å². The number of ether oxygens (including phenoxy) is 1. The van der Waals surface area contributed by atoms with Crippen LogP contribution >= 0.6 is 0 Å². The number of unbranched alkanes of at least 4 members (excludes halogenated alkanes) is 3. The quantitative estimate of drug-likeness (QED) is 0.182. The van der Waals surface area contributed by atoms with Gasteiger partial charge in [0.2, 0.25) is 0 Å². The van der Waals surface area contributed by atoms with Gasteiger partial charge in [-0.25, -0.2) is 0 Å². The Morgan fingerprint density at radius 3 is 1.92 bits per heavy atom. The zero-order valence-electron chi connectivity index (χ0n) is 21.1. The van der Waals surface area contributed by atoms with Crippen LogP contribution in [0.1, 0.15) is 25.7 Å². The van der Waals surface area contributed by atoms with Crippen LogP contribution in [-0.2, 0) is 26.9 Å². The Morgan fingerprint density at radius 2 is 1.32 bits per heavy atom. The summed E-state index contributed by atoms with van der Waals surface area (Å²) in [4.78, 5) is 11.3. The molecule has 3 aromatic carbocycles. The summed E-state index contributed by atoms with van der Waals surface area (Å²) in [5, 5.41) is 5.14. The number of hydrogen-bond acceptors (Lipinski definition) is 4. The van der Waals surface area contributed by atoms with Gasteiger partial charge in [0, 0.05) is 39.8 Å². The zero-order valence-corrected chi connectivity index (χ0v) is 22.0. The van der Waals surface area contributed by atoms with Crippen molar-refractivity contribution in [2.75, 3.05) is 18.6 Å². The Kier molecular flexibility index (Phi) is 10.8. The minimum Gasteiger partial charge on any atom is -0.468 e. The number of benzene rings is 3. The lowest BCUT2D eigenvalue weighted by molar-refractivity contribution is -0.137. The van der Waals surface area contributed by atoms with Crippen LogP contribution in [0, 0.1) is 0 Å². The highest BCUT2D eigenvalue weighted by atomic mass is 32.2. The molecule has 0 amide bonds. The van der Waals surface area contributed by atoms with Crippen LogP contribution in [0.3, 0.4) is 0 Å². The van der Waals surface area contributed by atoms with Gasteiger partial charge in [0.25, 0.3) is 0 Å². The van der Waals surface area contributed by atoms with Crippen LogP contribution in [0.25, 0.3) is 33.6 Å². The van der Waals surface area contributed by atoms with E-state index in [1.807, 2.05) is 18.2 Å². The molecule has 1 atom stereocenters. The molecule has 0 bridgehead atoms. The Bertz CT molecular complexity index is 1280. The predicted molar refractivity (Wildman–Crippen MR) is 151 cm³/mol. The standard InChI is InChI=1S/C30H32N2O3S.H2O/c1-35-27(33)23-36(34)22-14-3-2-13-21-32-30(26-19-11-6-12-20-26)28(24-15-7-4-8-16-24)29(31-32)25-17-9-5-10-18-25;/h4-12,15-20H,2-3,13-14,21-23H2,1H3;1H2. The number of aromatic nitrogens is 2. The summed E-state index contributed by atoms with van der Waals surface area (Å²) in [6, 6.07) is 31.3. The van der Waals surface area contributed by atoms with Gasteiger partial charge < -0.3 is 10.2 Å². The largest absolute Gasteiger partial charge is 0.468 e. The molecule has 0 aliphatic carbocycles. The fourth-order valence-corrected chi connectivity index (χ4v) is 5.38. The summed E-state index contributed by atoms with van der Waals surface area (Å²) in [5.74, 6) is 0.0980. The van der Waals surface area contributed by atoms with Crippen LogP contribution in [-0.4, -0.2) is 44.1 Å². The highest BCUT2D eigenvalue weighted by Crippen LogP contribution is 2.40. The maximum atomic E-state index is 12.0. The van der Waals surface area contributed by atoms with Crippen LogP contribution in [0.5, 0.6) is 0 Å². The molecular weight excluding hydrogens is 484 g/mol. The Morgan fingerprint density at radius 1 is 0.784 bits per heavy atom. The summed E-state index contributed by atoms with van der Waals surface area (Å²) in [7, 11) is 0.170. The number of rotatable bonds is 12. The summed E-state index contributed by atoms with van der Waals surface area (Å²) in [6.07, 6.45) is 3.77. The molecule has 6 nitrogen and oxygen atoms in total. The van der Waals surface area contributed by atoms with E-state index >= 15 is 0 Å². The van der Waals surface area contributed by atoms with E-state index in [0.717, 1.165) is 65.9 Å². The SMILES string of the molecule is COC(=O)CS(=O)CCCCCCn1nc(-c2ccccc2)c(-c2ccccc2)c1-c1ccccc1.O. The van der Waals surface area contributed by atoms with E-state index < -0.39 is 16.8 Å². The Labute approximate surface area is 221 Å². The molecule has 1 unspecified atom stereocenters. The average Bonchev–Trinajstić information content (AvgIpc) is 3.31. The predicted octanol–water partition coefficient (Wildman–Crippen LogP) is 5.54. The van der Waals surface area contributed by atoms with Gasteiger partial charge in [0.1, 0.15) is 11.4 Å². The van der Waals surface area contributed by atoms with Gasteiger partial charge in [-0.3, -0.25) is 13.7 Å². The van der Waals surface area contributed by atoms with Gasteiger partial charge in [0.15, 0.2) is 0 Å². The summed E-state index contributed by atoms with van der Waals surface area (Å²) < 4.78 is 18.7. The second kappa shape index (κ2) is 14.3. The summed E-state index contributed by atoms with van der Waals surface area (Å²) in [6.45, 7) is 0.794. The van der Waals surface area contributed by atoms with E-state index in [2.05, 4.69) is 82.2 Å². The number of carbonyl (C=O) groups is 1. The van der Waals surface area contributed by atoms with Crippen molar-refractivity contribution < 1.29 is 19.2 Å². The van der Waals surface area contributed by atoms with Crippen molar-refractivity contribution >= 4 is 16.8 Å². The summed E-state index contributed by atoms with van der Waals surface area (Å²) >= 11 is 0. The van der Waals surface area contributed by atoms with Crippen LogP contribution in [0.2, 0.25) is 0 Å². The molecule has 7 heteroatoms. The fraction of sp³-hybridized carbons (Fsp3) is 0.267. The molecule has 2 N–H and O–H groups in total. The third-order valence-corrected chi connectivity index (χ3v) is 7.41. The molecule has 0 saturated carbocycles. The lowest BCUT2D eigenvalue weighted by atomic mass is 9.96. The lowest BCUT2D eigenvalue weighted by Gasteiger charge is -2.11. The smallest absolute Gasteiger partial charge is 0.318 e. The number of methoxy groups -OCH3 is 1. The number of esters is 1. The monoisotopic (exact) mass is 518 g/mol. The van der Waals surface area contributed by atoms with Gasteiger partial charge in [-0.2, -0.15) is 5.10 Å². The van der Waals surface area contributed by atoms with E-state index in [1.165, 1.54) is 7.11 Å². The van der Waals surface area contributed by atoms with Crippen LogP contribution in [0.4, 0.5) is 0 Å². The van der Waals surface area contributed by atoms with E-state index in [9.17, 15) is 9.00 Å². The van der Waals surface area contributed by atoms with Crippen molar-refractivity contribution in [2.45, 2.75) is 32.2 Å². The number of hydrogen-bond donors (Lipinski definition) is 0. The third kappa shape index (κ3) is 7.47. The van der Waals surface area contributed by atoms with Crippen molar-refractivity contribution in [2.24, 2.45) is 0 Å². The van der Waals surface area contributed by atoms with Gasteiger partial charge in [-0.15, -0.1) is 0 Å². The van der Waals surface area contributed by atoms with Crippen LogP contribution < -0.4 is 0 Å². The molecule has 0 saturated heterocycles. The molecule has 0 aliphatic heterocycles. The van der Waals surface area contributed by atoms with Crippen molar-refractivity contribution in [1.29, 1.82) is 0 Å². The van der Waals surface area contributed by atoms with E-state index in [0.29, 0.717) is 5.75 Å². The molecule has 0 aliphatic rings. The first-order chi connectivity index (χ1) is 17.7. The van der Waals surface area contributed by atoms with Crippen molar-refractivity contribution in [3.63, 3.8) is 0 Å². The molecule has 0 radical (unpaired) electrons. The summed E-state index contributed by atoms with van der Waals surface area (Å²) in [5.41, 5.74) is 6.64. The van der Waals surface area contributed by atoms with Gasteiger partial charge in [0.05, 0.1) is 12.8 Å². The molecule has 4 aromatic rings. The van der Waals surface area contributed by atoms with Crippen molar-refractivity contribution in [3.05, 3.63) is 91.0 Å². The molecule has 194 valence electrons. The molecule has 1 heterocycles. The molecule has 1 aromatic heterocycles. The molecule has 4 rings (SSSR count). The molecule has 37 heavy (non-hydrogen) atoms. The molecular formula is C30H34N2O4S. The normalized spacial score (nSPS) is 11.5. The van der Waals surface area contributed by atoms with Crippen molar-refractivity contribution in [1.82, 2.24) is 9.78 Å².